The van der Waals surface area contributed by atoms with E-state index in [1.165, 1.54) is 0 Å². The summed E-state index contributed by atoms with van der Waals surface area (Å²) >= 11 is 0. The number of hydrogen-bond donors (Lipinski definition) is 2. The zero-order valence-corrected chi connectivity index (χ0v) is 14.6. The van der Waals surface area contributed by atoms with Gasteiger partial charge >= 0.3 is 0 Å². The molecule has 5 heteroatoms. The highest BCUT2D eigenvalue weighted by atomic mass is 16.5. The number of nitrogens with zero attached hydrogens (tertiary/aromatic N) is 1. The Morgan fingerprint density at radius 3 is 2.72 bits per heavy atom. The first-order chi connectivity index (χ1) is 12.3. The number of aliphatic imine (C=N–C) groups is 1. The topological polar surface area (TPSA) is 54.9 Å². The Morgan fingerprint density at radius 1 is 1.12 bits per heavy atom. The number of ether oxygens (including phenoxy) is 2. The van der Waals surface area contributed by atoms with Crippen molar-refractivity contribution in [2.75, 3.05) is 20.2 Å². The van der Waals surface area contributed by atoms with Gasteiger partial charge < -0.3 is 20.1 Å². The molecule has 0 amide bonds. The molecule has 3 rings (SSSR count). The van der Waals surface area contributed by atoms with Gasteiger partial charge in [-0.15, -0.1) is 0 Å². The smallest absolute Gasteiger partial charge is 0.191 e. The number of rotatable bonds is 6. The van der Waals surface area contributed by atoms with Crippen LogP contribution in [0.4, 0.5) is 0 Å². The molecule has 1 fully saturated rings. The summed E-state index contributed by atoms with van der Waals surface area (Å²) in [4.78, 5) is 4.26. The molecule has 0 aliphatic carbocycles. The average molecular weight is 339 g/mol. The highest BCUT2D eigenvalue weighted by molar-refractivity contribution is 5.79. The average Bonchev–Trinajstić information content (AvgIpc) is 3.17. The van der Waals surface area contributed by atoms with Crippen molar-refractivity contribution < 1.29 is 9.47 Å². The molecule has 1 atom stereocenters. The molecule has 0 aromatic heterocycles. The number of nitrogens with one attached hydrogen (secondary N) is 2. The van der Waals surface area contributed by atoms with Crippen LogP contribution in [0.5, 0.6) is 11.5 Å². The molecule has 0 spiro atoms. The standard InChI is InChI=1S/C20H25N3O2/c1-21-20(23-15-19-11-6-12-24-19)22-14-16-7-5-10-18(13-16)25-17-8-3-2-4-9-17/h2-5,7-10,13,19H,6,11-12,14-15H2,1H3,(H2,21,22,23). The van der Waals surface area contributed by atoms with E-state index in [9.17, 15) is 0 Å². The lowest BCUT2D eigenvalue weighted by Crippen LogP contribution is -2.40. The van der Waals surface area contributed by atoms with E-state index in [-0.39, 0.29) is 0 Å². The minimum absolute atomic E-state index is 0.293. The zero-order valence-electron chi connectivity index (χ0n) is 14.6. The van der Waals surface area contributed by atoms with Crippen LogP contribution in [0.25, 0.3) is 0 Å². The fraction of sp³-hybridized carbons (Fsp3) is 0.350. The van der Waals surface area contributed by atoms with Gasteiger partial charge in [-0.05, 0) is 42.7 Å². The van der Waals surface area contributed by atoms with Crippen molar-refractivity contribution in [1.82, 2.24) is 10.6 Å². The van der Waals surface area contributed by atoms with Gasteiger partial charge in [0, 0.05) is 26.7 Å². The molecule has 1 saturated heterocycles. The van der Waals surface area contributed by atoms with Crippen LogP contribution in [0, 0.1) is 0 Å². The van der Waals surface area contributed by atoms with Crippen LogP contribution in [0.3, 0.4) is 0 Å². The molecule has 2 aromatic carbocycles. The Balaban J connectivity index is 1.50. The van der Waals surface area contributed by atoms with Crippen LogP contribution in [-0.2, 0) is 11.3 Å². The number of hydrogen-bond acceptors (Lipinski definition) is 3. The van der Waals surface area contributed by atoms with Crippen molar-refractivity contribution in [3.63, 3.8) is 0 Å². The molecule has 2 aromatic rings. The SMILES string of the molecule is CN=C(NCc1cccc(Oc2ccccc2)c1)NCC1CCCO1. The fourth-order valence-electron chi connectivity index (χ4n) is 2.77. The van der Waals surface area contributed by atoms with Gasteiger partial charge in [0.25, 0.3) is 0 Å². The third kappa shape index (κ3) is 5.50. The maximum atomic E-state index is 5.88. The van der Waals surface area contributed by atoms with E-state index >= 15 is 0 Å². The van der Waals surface area contributed by atoms with Crippen LogP contribution in [0.15, 0.2) is 59.6 Å². The van der Waals surface area contributed by atoms with Crippen LogP contribution in [0.2, 0.25) is 0 Å². The minimum Gasteiger partial charge on any atom is -0.457 e. The van der Waals surface area contributed by atoms with Gasteiger partial charge in [0.2, 0.25) is 0 Å². The van der Waals surface area contributed by atoms with Crippen molar-refractivity contribution in [3.8, 4) is 11.5 Å². The monoisotopic (exact) mass is 339 g/mol. The molecule has 25 heavy (non-hydrogen) atoms. The van der Waals surface area contributed by atoms with Crippen molar-refractivity contribution in [2.24, 2.45) is 4.99 Å². The van der Waals surface area contributed by atoms with Gasteiger partial charge in [0.05, 0.1) is 6.10 Å². The molecule has 1 heterocycles. The number of guanidine groups is 1. The second-order valence-corrected chi connectivity index (χ2v) is 6.00. The van der Waals surface area contributed by atoms with E-state index < -0.39 is 0 Å². The number of benzene rings is 2. The quantitative estimate of drug-likeness (QED) is 0.626. The molecule has 1 aliphatic heterocycles. The first kappa shape index (κ1) is 17.3. The Hall–Kier alpha value is -2.53. The van der Waals surface area contributed by atoms with Gasteiger partial charge in [-0.2, -0.15) is 0 Å². The molecule has 5 nitrogen and oxygen atoms in total. The first-order valence-electron chi connectivity index (χ1n) is 8.71. The largest absolute Gasteiger partial charge is 0.457 e. The van der Waals surface area contributed by atoms with Gasteiger partial charge in [0.15, 0.2) is 5.96 Å². The van der Waals surface area contributed by atoms with Crippen LogP contribution >= 0.6 is 0 Å². The summed E-state index contributed by atoms with van der Waals surface area (Å²) < 4.78 is 11.5. The van der Waals surface area contributed by atoms with E-state index in [0.29, 0.717) is 12.6 Å². The normalized spacial score (nSPS) is 17.3. The van der Waals surface area contributed by atoms with Crippen LogP contribution in [0.1, 0.15) is 18.4 Å². The summed E-state index contributed by atoms with van der Waals surface area (Å²) in [5.41, 5.74) is 1.13. The molecular formula is C20H25N3O2. The van der Waals surface area contributed by atoms with E-state index in [0.717, 1.165) is 49.0 Å². The van der Waals surface area contributed by atoms with Gasteiger partial charge in [-0.1, -0.05) is 30.3 Å². The molecule has 0 bridgehead atoms. The van der Waals surface area contributed by atoms with E-state index in [2.05, 4.69) is 21.7 Å². The second kappa shape index (κ2) is 9.08. The summed E-state index contributed by atoms with van der Waals surface area (Å²) in [6.07, 6.45) is 2.55. The third-order valence-electron chi connectivity index (χ3n) is 4.08. The summed E-state index contributed by atoms with van der Waals surface area (Å²) in [7, 11) is 1.78. The summed E-state index contributed by atoms with van der Waals surface area (Å²) in [5, 5.41) is 6.65. The zero-order chi connectivity index (χ0) is 17.3. The maximum absolute atomic E-state index is 5.88. The predicted molar refractivity (Wildman–Crippen MR) is 100 cm³/mol. The second-order valence-electron chi connectivity index (χ2n) is 6.00. The van der Waals surface area contributed by atoms with Crippen molar-refractivity contribution in [3.05, 3.63) is 60.2 Å². The van der Waals surface area contributed by atoms with E-state index in [1.807, 2.05) is 48.5 Å². The summed E-state index contributed by atoms with van der Waals surface area (Å²) in [5.74, 6) is 2.44. The maximum Gasteiger partial charge on any atom is 0.191 e. The lowest BCUT2D eigenvalue weighted by molar-refractivity contribution is 0.114. The third-order valence-corrected chi connectivity index (χ3v) is 4.08. The molecular weight excluding hydrogens is 314 g/mol. The predicted octanol–water partition coefficient (Wildman–Crippen LogP) is 3.32. The van der Waals surface area contributed by atoms with Gasteiger partial charge in [-0.3, -0.25) is 4.99 Å². The van der Waals surface area contributed by atoms with Crippen LogP contribution in [-0.4, -0.2) is 32.3 Å². The Labute approximate surface area is 149 Å². The first-order valence-corrected chi connectivity index (χ1v) is 8.71. The van der Waals surface area contributed by atoms with Crippen molar-refractivity contribution in [1.29, 1.82) is 0 Å². The van der Waals surface area contributed by atoms with E-state index in [1.54, 1.807) is 7.05 Å². The molecule has 1 aliphatic rings. The summed E-state index contributed by atoms with van der Waals surface area (Å²) in [6.45, 7) is 2.33. The van der Waals surface area contributed by atoms with Crippen LogP contribution < -0.4 is 15.4 Å². The van der Waals surface area contributed by atoms with Crippen molar-refractivity contribution in [2.45, 2.75) is 25.5 Å². The lowest BCUT2D eigenvalue weighted by atomic mass is 10.2. The highest BCUT2D eigenvalue weighted by Crippen LogP contribution is 2.21. The van der Waals surface area contributed by atoms with Gasteiger partial charge in [-0.25, -0.2) is 0 Å². The summed E-state index contributed by atoms with van der Waals surface area (Å²) in [6, 6.07) is 17.9. The van der Waals surface area contributed by atoms with Crippen molar-refractivity contribution >= 4 is 5.96 Å². The van der Waals surface area contributed by atoms with Gasteiger partial charge in [0.1, 0.15) is 11.5 Å². The number of para-hydroxylation sites is 1. The molecule has 0 saturated carbocycles. The molecule has 1 unspecified atom stereocenters. The minimum atomic E-state index is 0.293. The molecule has 0 radical (unpaired) electrons. The lowest BCUT2D eigenvalue weighted by Gasteiger charge is -2.15. The Bertz CT molecular complexity index is 682. The molecule has 132 valence electrons. The van der Waals surface area contributed by atoms with E-state index in [4.69, 9.17) is 9.47 Å². The Kier molecular flexibility index (Phi) is 6.29. The molecule has 2 N–H and O–H groups in total. The highest BCUT2D eigenvalue weighted by Gasteiger charge is 2.15. The fourth-order valence-corrected chi connectivity index (χ4v) is 2.77. The Morgan fingerprint density at radius 2 is 1.96 bits per heavy atom.